The fourth-order valence-electron chi connectivity index (χ4n) is 6.41. The summed E-state index contributed by atoms with van der Waals surface area (Å²) in [5.74, 6) is 2.12. The second-order valence-corrected chi connectivity index (χ2v) is 9.12. The number of carbonyl (C=O) groups excluding carboxylic acids is 2. The van der Waals surface area contributed by atoms with Gasteiger partial charge in [0.1, 0.15) is 5.78 Å². The van der Waals surface area contributed by atoms with Crippen molar-refractivity contribution in [2.45, 2.75) is 44.6 Å². The zero-order chi connectivity index (χ0) is 19.8. The van der Waals surface area contributed by atoms with Gasteiger partial charge in [0, 0.05) is 30.5 Å². The molecule has 0 unspecified atom stereocenters. The van der Waals surface area contributed by atoms with E-state index in [2.05, 4.69) is 29.2 Å². The lowest BCUT2D eigenvalue weighted by Gasteiger charge is -2.55. The van der Waals surface area contributed by atoms with E-state index in [1.165, 1.54) is 5.56 Å². The van der Waals surface area contributed by atoms with Crippen molar-refractivity contribution in [3.63, 3.8) is 0 Å². The second kappa shape index (κ2) is 7.78. The summed E-state index contributed by atoms with van der Waals surface area (Å²) < 4.78 is 0. The maximum absolute atomic E-state index is 13.3. The van der Waals surface area contributed by atoms with Crippen LogP contribution in [0.1, 0.15) is 48.0 Å². The van der Waals surface area contributed by atoms with Crippen LogP contribution in [0.5, 0.6) is 0 Å². The first-order valence-corrected chi connectivity index (χ1v) is 11.1. The summed E-state index contributed by atoms with van der Waals surface area (Å²) in [7, 11) is 0. The topological polar surface area (TPSA) is 37.4 Å². The summed E-state index contributed by atoms with van der Waals surface area (Å²) in [5.41, 5.74) is 2.06. The Morgan fingerprint density at radius 3 is 2.41 bits per heavy atom. The minimum atomic E-state index is 0.119. The van der Waals surface area contributed by atoms with Crippen molar-refractivity contribution in [1.82, 2.24) is 4.90 Å². The van der Waals surface area contributed by atoms with Gasteiger partial charge in [-0.1, -0.05) is 55.0 Å². The first-order chi connectivity index (χ1) is 14.2. The predicted octanol–water partition coefficient (Wildman–Crippen LogP) is 4.77. The van der Waals surface area contributed by atoms with E-state index >= 15 is 0 Å². The second-order valence-electron chi connectivity index (χ2n) is 9.12. The largest absolute Gasteiger partial charge is 0.335 e. The number of amides is 1. The van der Waals surface area contributed by atoms with Crippen molar-refractivity contribution in [3.05, 3.63) is 71.8 Å². The van der Waals surface area contributed by atoms with Crippen molar-refractivity contribution in [2.24, 2.45) is 23.7 Å². The Hall–Kier alpha value is -2.42. The molecule has 0 aromatic heterocycles. The van der Waals surface area contributed by atoms with E-state index in [9.17, 15) is 9.59 Å². The molecule has 3 heteroatoms. The van der Waals surface area contributed by atoms with E-state index in [4.69, 9.17) is 0 Å². The number of carbonyl (C=O) groups is 2. The predicted molar refractivity (Wildman–Crippen MR) is 113 cm³/mol. The number of ketones is 1. The third-order valence-electron chi connectivity index (χ3n) is 7.64. The van der Waals surface area contributed by atoms with Gasteiger partial charge in [-0.15, -0.1) is 0 Å². The quantitative estimate of drug-likeness (QED) is 0.761. The number of likely N-dealkylation sites (tertiary alicyclic amines) is 1. The minimum absolute atomic E-state index is 0.119. The third-order valence-corrected chi connectivity index (χ3v) is 7.64. The lowest BCUT2D eigenvalue weighted by Crippen LogP contribution is -2.59. The van der Waals surface area contributed by atoms with Crippen LogP contribution in [0, 0.1) is 23.7 Å². The lowest BCUT2D eigenvalue weighted by atomic mass is 9.55. The van der Waals surface area contributed by atoms with Gasteiger partial charge in [-0.05, 0) is 61.1 Å². The van der Waals surface area contributed by atoms with Crippen LogP contribution < -0.4 is 0 Å². The van der Waals surface area contributed by atoms with E-state index in [0.29, 0.717) is 36.0 Å². The molecule has 5 atom stereocenters. The van der Waals surface area contributed by atoms with Crippen LogP contribution in [-0.2, 0) is 11.2 Å². The average Bonchev–Trinajstić information content (AvgIpc) is 2.77. The van der Waals surface area contributed by atoms with Gasteiger partial charge in [0.05, 0.1) is 0 Å². The molecular formula is C26H29NO2. The molecule has 150 valence electrons. The van der Waals surface area contributed by atoms with Crippen LogP contribution in [0.2, 0.25) is 0 Å². The zero-order valence-electron chi connectivity index (χ0n) is 16.9. The standard InChI is InChI=1S/C26H29NO2/c28-24-17-20-14-15-27(26(29)19-10-5-2-6-11-19)23-13-7-12-21(25(20)23)22(24)16-18-8-3-1-4-9-18/h1-6,8-11,20-23,25H,7,12-17H2/t20-,21+,22+,23+,25+/m1/s1. The highest BCUT2D eigenvalue weighted by Crippen LogP contribution is 2.51. The number of benzene rings is 2. The maximum Gasteiger partial charge on any atom is 0.254 e. The Labute approximate surface area is 173 Å². The van der Waals surface area contributed by atoms with Crippen LogP contribution in [0.25, 0.3) is 0 Å². The van der Waals surface area contributed by atoms with Gasteiger partial charge in [0.25, 0.3) is 5.91 Å². The van der Waals surface area contributed by atoms with Crippen LogP contribution >= 0.6 is 0 Å². The van der Waals surface area contributed by atoms with Crippen LogP contribution in [0.3, 0.4) is 0 Å². The van der Waals surface area contributed by atoms with E-state index < -0.39 is 0 Å². The number of piperidine rings is 1. The molecule has 0 spiro atoms. The molecule has 3 fully saturated rings. The van der Waals surface area contributed by atoms with Crippen LogP contribution in [0.4, 0.5) is 0 Å². The monoisotopic (exact) mass is 387 g/mol. The molecule has 1 heterocycles. The molecule has 1 aliphatic heterocycles. The molecule has 29 heavy (non-hydrogen) atoms. The Morgan fingerprint density at radius 1 is 0.931 bits per heavy atom. The van der Waals surface area contributed by atoms with E-state index in [1.54, 1.807) is 0 Å². The first-order valence-electron chi connectivity index (χ1n) is 11.1. The number of rotatable bonds is 3. The van der Waals surface area contributed by atoms with Crippen LogP contribution in [0.15, 0.2) is 60.7 Å². The fraction of sp³-hybridized carbons (Fsp3) is 0.462. The lowest BCUT2D eigenvalue weighted by molar-refractivity contribution is -0.137. The van der Waals surface area contributed by atoms with Crippen molar-refractivity contribution in [1.29, 1.82) is 0 Å². The summed E-state index contributed by atoms with van der Waals surface area (Å²) in [6, 6.07) is 20.5. The molecule has 2 saturated carbocycles. The average molecular weight is 388 g/mol. The summed E-state index contributed by atoms with van der Waals surface area (Å²) in [5, 5.41) is 0. The molecule has 0 radical (unpaired) electrons. The van der Waals surface area contributed by atoms with Gasteiger partial charge in [-0.3, -0.25) is 9.59 Å². The summed E-state index contributed by atoms with van der Waals surface area (Å²) >= 11 is 0. The normalized spacial score (nSPS) is 31.2. The molecule has 2 aliphatic carbocycles. The summed E-state index contributed by atoms with van der Waals surface area (Å²) in [4.78, 5) is 28.5. The molecule has 2 aromatic rings. The SMILES string of the molecule is O=C1C[C@H]2CCN(C(=O)c3ccccc3)[C@H]3CCC[C@H]([C@H]23)[C@@H]1Cc1ccccc1. The number of hydrogen-bond donors (Lipinski definition) is 0. The molecule has 0 bridgehead atoms. The van der Waals surface area contributed by atoms with E-state index in [0.717, 1.165) is 44.2 Å². The molecule has 3 aliphatic rings. The van der Waals surface area contributed by atoms with E-state index in [-0.39, 0.29) is 11.8 Å². The van der Waals surface area contributed by atoms with Gasteiger partial charge in [0.2, 0.25) is 0 Å². The third kappa shape index (κ3) is 3.41. The van der Waals surface area contributed by atoms with E-state index in [1.807, 2.05) is 36.4 Å². The van der Waals surface area contributed by atoms with Crippen LogP contribution in [-0.4, -0.2) is 29.2 Å². The minimum Gasteiger partial charge on any atom is -0.335 e. The number of Topliss-reactive ketones (excluding diaryl/α,β-unsaturated/α-hetero) is 1. The van der Waals surface area contributed by atoms with Crippen molar-refractivity contribution in [2.75, 3.05) is 6.54 Å². The highest BCUT2D eigenvalue weighted by atomic mass is 16.2. The summed E-state index contributed by atoms with van der Waals surface area (Å²) in [6.45, 7) is 0.795. The fourth-order valence-corrected chi connectivity index (χ4v) is 6.41. The molecule has 0 N–H and O–H groups in total. The zero-order valence-corrected chi connectivity index (χ0v) is 16.9. The highest BCUT2D eigenvalue weighted by molar-refractivity contribution is 5.94. The molecule has 2 aromatic carbocycles. The molecule has 1 saturated heterocycles. The molecule has 5 rings (SSSR count). The Kier molecular flexibility index (Phi) is 4.99. The van der Waals surface area contributed by atoms with Crippen molar-refractivity contribution in [3.8, 4) is 0 Å². The number of nitrogens with zero attached hydrogens (tertiary/aromatic N) is 1. The summed E-state index contributed by atoms with van der Waals surface area (Å²) in [6.07, 6.45) is 5.88. The molecule has 3 nitrogen and oxygen atoms in total. The number of hydrogen-bond acceptors (Lipinski definition) is 2. The van der Waals surface area contributed by atoms with Crippen molar-refractivity contribution >= 4 is 11.7 Å². The van der Waals surface area contributed by atoms with Gasteiger partial charge in [-0.2, -0.15) is 0 Å². The van der Waals surface area contributed by atoms with Gasteiger partial charge in [-0.25, -0.2) is 0 Å². The molecule has 1 amide bonds. The van der Waals surface area contributed by atoms with Gasteiger partial charge < -0.3 is 4.90 Å². The highest BCUT2D eigenvalue weighted by Gasteiger charge is 2.52. The Balaban J connectivity index is 1.42. The maximum atomic E-state index is 13.3. The van der Waals surface area contributed by atoms with Gasteiger partial charge >= 0.3 is 0 Å². The first kappa shape index (κ1) is 18.6. The smallest absolute Gasteiger partial charge is 0.254 e. The molecular weight excluding hydrogens is 358 g/mol. The van der Waals surface area contributed by atoms with Gasteiger partial charge in [0.15, 0.2) is 0 Å². The Bertz CT molecular complexity index is 868. The Morgan fingerprint density at radius 2 is 1.66 bits per heavy atom. The van der Waals surface area contributed by atoms with Crippen molar-refractivity contribution < 1.29 is 9.59 Å².